The molecule has 5 aliphatic rings. The maximum atomic E-state index is 13.6. The summed E-state index contributed by atoms with van der Waals surface area (Å²) >= 11 is 0. The molecule has 3 fully saturated rings. The van der Waals surface area contributed by atoms with E-state index < -0.39 is 11.9 Å². The van der Waals surface area contributed by atoms with Crippen molar-refractivity contribution in [2.75, 3.05) is 32.8 Å². The summed E-state index contributed by atoms with van der Waals surface area (Å²) in [5.74, 6) is 0.0329. The lowest BCUT2D eigenvalue weighted by atomic mass is 9.74. The van der Waals surface area contributed by atoms with E-state index in [0.29, 0.717) is 30.9 Å². The van der Waals surface area contributed by atoms with Crippen molar-refractivity contribution in [3.63, 3.8) is 0 Å². The molecule has 1 N–H and O–H groups in total. The quantitative estimate of drug-likeness (QED) is 0.397. The van der Waals surface area contributed by atoms with Gasteiger partial charge in [-0.1, -0.05) is 30.3 Å². The van der Waals surface area contributed by atoms with Gasteiger partial charge in [-0.3, -0.25) is 29.4 Å². The topological polar surface area (TPSA) is 99.3 Å². The van der Waals surface area contributed by atoms with Gasteiger partial charge in [0, 0.05) is 37.2 Å². The van der Waals surface area contributed by atoms with E-state index in [1.807, 2.05) is 12.1 Å². The Hall–Kier alpha value is -3.72. The first-order valence-electron chi connectivity index (χ1n) is 15.9. The Morgan fingerprint density at radius 1 is 0.953 bits per heavy atom. The van der Waals surface area contributed by atoms with Crippen LogP contribution in [0.25, 0.3) is 0 Å². The van der Waals surface area contributed by atoms with Gasteiger partial charge in [-0.2, -0.15) is 0 Å². The number of likely N-dealkylation sites (tertiary alicyclic amines) is 2. The molecule has 2 unspecified atom stereocenters. The summed E-state index contributed by atoms with van der Waals surface area (Å²) in [4.78, 5) is 56.7. The summed E-state index contributed by atoms with van der Waals surface area (Å²) < 4.78 is 6.18. The second-order valence-corrected chi connectivity index (χ2v) is 12.8. The maximum absolute atomic E-state index is 13.6. The molecule has 2 aromatic rings. The molecule has 226 valence electrons. The monoisotopic (exact) mass is 584 g/mol. The highest BCUT2D eigenvalue weighted by molar-refractivity contribution is 6.05. The predicted molar refractivity (Wildman–Crippen MR) is 159 cm³/mol. The number of aryl methyl sites for hydroxylation is 1. The Balaban J connectivity index is 0.913. The summed E-state index contributed by atoms with van der Waals surface area (Å²) in [6, 6.07) is 13.6. The van der Waals surface area contributed by atoms with Crippen molar-refractivity contribution < 1.29 is 23.9 Å². The van der Waals surface area contributed by atoms with Gasteiger partial charge in [-0.15, -0.1) is 0 Å². The number of carbonyl (C=O) groups excluding carboxylic acids is 4. The summed E-state index contributed by atoms with van der Waals surface area (Å²) in [7, 11) is 0. The largest absolute Gasteiger partial charge is 0.493 e. The van der Waals surface area contributed by atoms with Crippen LogP contribution in [0.3, 0.4) is 0 Å². The van der Waals surface area contributed by atoms with Crippen LogP contribution in [0.2, 0.25) is 0 Å². The second-order valence-electron chi connectivity index (χ2n) is 12.8. The number of hydrogen-bond donors (Lipinski definition) is 1. The van der Waals surface area contributed by atoms with E-state index in [1.165, 1.54) is 17.5 Å². The number of rotatable bonds is 7. The van der Waals surface area contributed by atoms with Gasteiger partial charge < -0.3 is 14.5 Å². The zero-order chi connectivity index (χ0) is 29.6. The molecule has 4 heterocycles. The van der Waals surface area contributed by atoms with E-state index in [2.05, 4.69) is 39.4 Å². The third kappa shape index (κ3) is 5.11. The molecule has 0 radical (unpaired) electrons. The number of piperidine rings is 2. The molecule has 1 aliphatic carbocycles. The Morgan fingerprint density at radius 3 is 2.63 bits per heavy atom. The van der Waals surface area contributed by atoms with E-state index in [9.17, 15) is 19.2 Å². The lowest BCUT2D eigenvalue weighted by Crippen LogP contribution is -2.52. The molecule has 1 spiro atoms. The average Bonchev–Trinajstić information content (AvgIpc) is 3.72. The van der Waals surface area contributed by atoms with Crippen molar-refractivity contribution in [1.82, 2.24) is 20.0 Å². The highest BCUT2D eigenvalue weighted by Crippen LogP contribution is 2.46. The number of benzene rings is 2. The van der Waals surface area contributed by atoms with Gasteiger partial charge in [0.1, 0.15) is 11.8 Å². The minimum absolute atomic E-state index is 0.0504. The van der Waals surface area contributed by atoms with E-state index in [0.717, 1.165) is 70.3 Å². The molecule has 0 saturated carbocycles. The van der Waals surface area contributed by atoms with E-state index >= 15 is 0 Å². The van der Waals surface area contributed by atoms with Crippen LogP contribution in [0, 0.1) is 0 Å². The Morgan fingerprint density at radius 2 is 1.79 bits per heavy atom. The summed E-state index contributed by atoms with van der Waals surface area (Å²) in [6.45, 7) is 4.17. The number of carbonyl (C=O) groups is 4. The number of nitrogens with one attached hydrogen (secondary N) is 1. The number of nitrogens with zero attached hydrogens (tertiary/aromatic N) is 3. The predicted octanol–water partition coefficient (Wildman–Crippen LogP) is 3.19. The van der Waals surface area contributed by atoms with Crippen molar-refractivity contribution >= 4 is 23.6 Å². The standard InChI is InChI=1S/C34H40N4O5/c39-30-12-11-27(31(40)35-30)38-22-25-24(32(38)41)7-3-10-29(25)43-21-5-18-36-17-4-9-28(36)33(42)37-19-15-34(16-20-37)14-13-23-6-1-2-8-26(23)34/h1-3,6-8,10,27-28H,4-5,9,11-22H2,(H,35,39,40). The van der Waals surface area contributed by atoms with E-state index in [-0.39, 0.29) is 35.6 Å². The molecule has 9 nitrogen and oxygen atoms in total. The fourth-order valence-corrected chi connectivity index (χ4v) is 8.17. The van der Waals surface area contributed by atoms with Gasteiger partial charge >= 0.3 is 0 Å². The van der Waals surface area contributed by atoms with Gasteiger partial charge in [0.15, 0.2) is 0 Å². The lowest BCUT2D eigenvalue weighted by Gasteiger charge is -2.41. The highest BCUT2D eigenvalue weighted by Gasteiger charge is 2.44. The minimum atomic E-state index is -0.644. The van der Waals surface area contributed by atoms with Gasteiger partial charge in [0.05, 0.1) is 19.2 Å². The third-order valence-electron chi connectivity index (χ3n) is 10.5. The Labute approximate surface area is 252 Å². The van der Waals surface area contributed by atoms with E-state index in [4.69, 9.17) is 4.74 Å². The van der Waals surface area contributed by atoms with Crippen LogP contribution < -0.4 is 10.1 Å². The number of amides is 4. The average molecular weight is 585 g/mol. The van der Waals surface area contributed by atoms with Crippen LogP contribution in [0.1, 0.15) is 78.4 Å². The van der Waals surface area contributed by atoms with Gasteiger partial charge in [0.25, 0.3) is 5.91 Å². The summed E-state index contributed by atoms with van der Waals surface area (Å²) in [6.07, 6.45) is 7.76. The molecule has 9 heteroatoms. The van der Waals surface area contributed by atoms with Crippen molar-refractivity contribution in [2.24, 2.45) is 0 Å². The molecular formula is C34H40N4O5. The number of imide groups is 1. The van der Waals surface area contributed by atoms with E-state index in [1.54, 1.807) is 11.0 Å². The van der Waals surface area contributed by atoms with Gasteiger partial charge in [-0.05, 0) is 86.6 Å². The molecule has 2 aromatic carbocycles. The van der Waals surface area contributed by atoms with Crippen molar-refractivity contribution in [2.45, 2.75) is 81.8 Å². The van der Waals surface area contributed by atoms with Crippen LogP contribution in [-0.2, 0) is 32.8 Å². The smallest absolute Gasteiger partial charge is 0.255 e. The Kier molecular flexibility index (Phi) is 7.45. The molecule has 3 saturated heterocycles. The summed E-state index contributed by atoms with van der Waals surface area (Å²) in [5, 5.41) is 2.35. The van der Waals surface area contributed by atoms with Crippen LogP contribution in [-0.4, -0.2) is 83.2 Å². The zero-order valence-corrected chi connectivity index (χ0v) is 24.7. The van der Waals surface area contributed by atoms with Crippen molar-refractivity contribution in [1.29, 1.82) is 0 Å². The molecular weight excluding hydrogens is 544 g/mol. The zero-order valence-electron chi connectivity index (χ0n) is 24.7. The van der Waals surface area contributed by atoms with Crippen LogP contribution in [0.5, 0.6) is 5.75 Å². The Bertz CT molecular complexity index is 1450. The number of ether oxygens (including phenoxy) is 1. The third-order valence-corrected chi connectivity index (χ3v) is 10.5. The van der Waals surface area contributed by atoms with Gasteiger partial charge in [0.2, 0.25) is 17.7 Å². The highest BCUT2D eigenvalue weighted by atomic mass is 16.5. The van der Waals surface area contributed by atoms with Crippen molar-refractivity contribution in [3.8, 4) is 5.75 Å². The van der Waals surface area contributed by atoms with Crippen molar-refractivity contribution in [3.05, 3.63) is 64.7 Å². The number of fused-ring (bicyclic) bond motifs is 3. The van der Waals surface area contributed by atoms with Gasteiger partial charge in [-0.25, -0.2) is 0 Å². The SMILES string of the molecule is O=C1CCC(N2Cc3c(OCCCN4CCCC4C(=O)N4CCC5(CCc6ccccc65)CC4)cccc3C2=O)C(=O)N1. The van der Waals surface area contributed by atoms with Crippen LogP contribution in [0.4, 0.5) is 0 Å². The second kappa shape index (κ2) is 11.4. The molecule has 43 heavy (non-hydrogen) atoms. The maximum Gasteiger partial charge on any atom is 0.255 e. The number of hydrogen-bond acceptors (Lipinski definition) is 6. The fraction of sp³-hybridized carbons (Fsp3) is 0.529. The normalized spacial score (nSPS) is 24.8. The first-order valence-corrected chi connectivity index (χ1v) is 15.9. The molecule has 0 aromatic heterocycles. The molecule has 0 bridgehead atoms. The van der Waals surface area contributed by atoms with Crippen LogP contribution >= 0.6 is 0 Å². The van der Waals surface area contributed by atoms with Crippen LogP contribution in [0.15, 0.2) is 42.5 Å². The molecule has 2 atom stereocenters. The lowest BCUT2D eigenvalue weighted by molar-refractivity contribution is -0.138. The first-order chi connectivity index (χ1) is 20.9. The molecule has 4 amide bonds. The summed E-state index contributed by atoms with van der Waals surface area (Å²) in [5.41, 5.74) is 4.60. The first kappa shape index (κ1) is 28.1. The molecule has 4 aliphatic heterocycles. The fourth-order valence-electron chi connectivity index (χ4n) is 8.17. The molecule has 7 rings (SSSR count). The minimum Gasteiger partial charge on any atom is -0.493 e.